The van der Waals surface area contributed by atoms with Crippen LogP contribution in [0.5, 0.6) is 11.5 Å². The molecule has 0 atom stereocenters. The fourth-order valence-electron chi connectivity index (χ4n) is 16.4. The number of benzene rings is 6. The Hall–Kier alpha value is -9.95. The van der Waals surface area contributed by atoms with Crippen LogP contribution in [-0.4, -0.2) is 155 Å². The lowest BCUT2D eigenvalue weighted by Crippen LogP contribution is -2.48. The van der Waals surface area contributed by atoms with Crippen molar-refractivity contribution < 1.29 is 50.3 Å². The Kier molecular flexibility index (Phi) is 24.9. The molecule has 109 heavy (non-hydrogen) atoms. The number of hydrogen-bond donors (Lipinski definition) is 6. The van der Waals surface area contributed by atoms with Gasteiger partial charge in [0, 0.05) is 141 Å². The van der Waals surface area contributed by atoms with Gasteiger partial charge in [0.2, 0.25) is 37.8 Å². The van der Waals surface area contributed by atoms with Crippen molar-refractivity contribution in [1.82, 2.24) is 39.0 Å². The second kappa shape index (κ2) is 35.2. The second-order valence-electron chi connectivity index (χ2n) is 29.5. The molecule has 6 aliphatic rings. The number of nitrogens with two attached hydrogens (primary N) is 1. The van der Waals surface area contributed by atoms with Gasteiger partial charge in [-0.05, 0) is 195 Å². The summed E-state index contributed by atoms with van der Waals surface area (Å²) in [4.78, 5) is 69.8. The molecule has 0 spiro atoms. The van der Waals surface area contributed by atoms with E-state index in [2.05, 4.69) is 69.8 Å². The van der Waals surface area contributed by atoms with Crippen molar-refractivity contribution in [3.8, 4) is 34.0 Å². The van der Waals surface area contributed by atoms with Crippen molar-refractivity contribution in [3.63, 3.8) is 0 Å². The van der Waals surface area contributed by atoms with E-state index in [9.17, 15) is 40.8 Å². The van der Waals surface area contributed by atoms with Crippen LogP contribution in [0.4, 0.5) is 22.7 Å². The molecule has 2 saturated heterocycles. The number of ether oxygens (including phenoxy) is 2. The third-order valence-corrected chi connectivity index (χ3v) is 24.4. The quantitative estimate of drug-likeness (QED) is 0.0411. The molecule has 7 N–H and O–H groups in total. The fourth-order valence-corrected chi connectivity index (χ4v) is 18.0. The molecular weight excluding hydrogens is 1420 g/mol. The summed E-state index contributed by atoms with van der Waals surface area (Å²) in [6, 6.07) is 39.4. The Morgan fingerprint density at radius 3 is 1.26 bits per heavy atom. The Morgan fingerprint density at radius 2 is 0.853 bits per heavy atom. The fraction of sp³-hybridized carbons (Fsp3) is 0.417. The molecule has 25 heteroatoms. The summed E-state index contributed by atoms with van der Waals surface area (Å²) in [7, 11) is -6.51. The lowest BCUT2D eigenvalue weighted by Gasteiger charge is -2.35. The molecule has 23 nitrogen and oxygen atoms in total. The minimum Gasteiger partial charge on any atom is -0.489 e. The normalized spacial score (nSPS) is 18.7. The third kappa shape index (κ3) is 19.0. The number of nitrogens with one attached hydrogen (secondary N) is 5. The number of piperazine rings is 2. The second-order valence-corrected chi connectivity index (χ2v) is 33.4. The summed E-state index contributed by atoms with van der Waals surface area (Å²) in [6.45, 7) is 8.29. The minimum absolute atomic E-state index is 0.0629. The summed E-state index contributed by atoms with van der Waals surface area (Å²) in [5.74, 6) is 1.46. The molecule has 2 aliphatic carbocycles. The lowest BCUT2D eigenvalue weighted by atomic mass is 9.81. The Bertz CT molecular complexity index is 4930. The van der Waals surface area contributed by atoms with Gasteiger partial charge < -0.3 is 60.7 Å². The molecular formula is C84H102N12O11S2. The number of carbonyl (C=O) groups is 5. The van der Waals surface area contributed by atoms with Crippen LogP contribution in [0.1, 0.15) is 152 Å². The molecule has 5 amide bonds. The number of hydrogen-bond acceptors (Lipinski definition) is 14. The highest BCUT2D eigenvalue weighted by Gasteiger charge is 2.32. The molecule has 14 rings (SSSR count). The summed E-state index contributed by atoms with van der Waals surface area (Å²) < 4.78 is 68.4. The van der Waals surface area contributed by atoms with Gasteiger partial charge in [-0.3, -0.25) is 24.0 Å². The third-order valence-electron chi connectivity index (χ3n) is 21.8. The molecule has 4 fully saturated rings. The number of carbonyl (C=O) groups excluding carboxylic acids is 5. The molecule has 2 aromatic heterocycles. The molecule has 0 radical (unpaired) electrons. The van der Waals surface area contributed by atoms with Crippen molar-refractivity contribution in [3.05, 3.63) is 179 Å². The van der Waals surface area contributed by atoms with Gasteiger partial charge in [0.05, 0.1) is 34.9 Å². The Morgan fingerprint density at radius 1 is 0.468 bits per heavy atom. The predicted molar refractivity (Wildman–Crippen MR) is 431 cm³/mol. The summed E-state index contributed by atoms with van der Waals surface area (Å²) in [5.41, 5.74) is 20.6. The average Bonchev–Trinajstić information content (AvgIpc) is 1.59. The van der Waals surface area contributed by atoms with Crippen molar-refractivity contribution in [2.75, 3.05) is 112 Å². The van der Waals surface area contributed by atoms with E-state index < -0.39 is 20.0 Å². The average molecular weight is 1520 g/mol. The molecule has 6 heterocycles. The van der Waals surface area contributed by atoms with Crippen LogP contribution in [-0.2, 0) is 60.7 Å². The maximum atomic E-state index is 13.5. The van der Waals surface area contributed by atoms with E-state index in [1.54, 1.807) is 0 Å². The van der Waals surface area contributed by atoms with Crippen LogP contribution in [0, 0.1) is 0 Å². The molecule has 576 valence electrons. The first kappa shape index (κ1) is 77.2. The minimum atomic E-state index is -3.27. The SMILES string of the molecule is CC(=O)Nc1ccc(N2CCN(S(C)(=O)=O)CC2)c(COc2ccc(-c3c(C4CCCCC4)c4ccc5cc4n3CC(=O)NCC/C=C\CCNC5=O)cc2)c1.CS(=O)(=O)N1CCN(c2ccc(N)cc2COc2ccc(-c3c(C4CCCCC4)c4ccc5cc4n3CC(=O)NCC/C=C\CCNC5=O)cc2)CC1. The number of aromatic nitrogens is 2. The van der Waals surface area contributed by atoms with Crippen molar-refractivity contribution in [2.24, 2.45) is 0 Å². The maximum Gasteiger partial charge on any atom is 0.251 e. The van der Waals surface area contributed by atoms with Crippen LogP contribution in [0.3, 0.4) is 0 Å². The van der Waals surface area contributed by atoms with E-state index in [0.29, 0.717) is 131 Å². The highest BCUT2D eigenvalue weighted by atomic mass is 32.2. The van der Waals surface area contributed by atoms with Gasteiger partial charge in [-0.25, -0.2) is 16.8 Å². The highest BCUT2D eigenvalue weighted by Crippen LogP contribution is 2.47. The lowest BCUT2D eigenvalue weighted by molar-refractivity contribution is -0.122. The highest BCUT2D eigenvalue weighted by molar-refractivity contribution is 7.88. The van der Waals surface area contributed by atoms with Crippen molar-refractivity contribution in [2.45, 2.75) is 135 Å². The van der Waals surface area contributed by atoms with E-state index in [1.807, 2.05) is 121 Å². The molecule has 4 bridgehead atoms. The maximum absolute atomic E-state index is 13.5. The largest absolute Gasteiger partial charge is 0.489 e. The first-order valence-electron chi connectivity index (χ1n) is 38.6. The first-order valence-corrected chi connectivity index (χ1v) is 42.3. The van der Waals surface area contributed by atoms with Gasteiger partial charge in [0.15, 0.2) is 0 Å². The topological polar surface area (TPSA) is 281 Å². The number of fused-ring (bicyclic) bond motifs is 2. The van der Waals surface area contributed by atoms with Gasteiger partial charge in [0.1, 0.15) is 37.8 Å². The van der Waals surface area contributed by atoms with Crippen LogP contribution in [0.15, 0.2) is 146 Å². The van der Waals surface area contributed by atoms with Crippen LogP contribution >= 0.6 is 0 Å². The van der Waals surface area contributed by atoms with Crippen molar-refractivity contribution >= 4 is 94.1 Å². The van der Waals surface area contributed by atoms with Gasteiger partial charge >= 0.3 is 0 Å². The summed E-state index contributed by atoms with van der Waals surface area (Å²) in [6.07, 6.45) is 24.9. The zero-order chi connectivity index (χ0) is 76.2. The zero-order valence-electron chi connectivity index (χ0n) is 62.8. The van der Waals surface area contributed by atoms with Gasteiger partial charge in [-0.15, -0.1) is 0 Å². The summed E-state index contributed by atoms with van der Waals surface area (Å²) in [5, 5.41) is 17.3. The van der Waals surface area contributed by atoms with E-state index in [0.717, 1.165) is 144 Å². The zero-order valence-corrected chi connectivity index (χ0v) is 64.4. The van der Waals surface area contributed by atoms with Gasteiger partial charge in [0.25, 0.3) is 11.8 Å². The van der Waals surface area contributed by atoms with Gasteiger partial charge in [-0.2, -0.15) is 8.61 Å². The Labute approximate surface area is 639 Å². The number of anilines is 4. The monoisotopic (exact) mass is 1520 g/mol. The number of sulfonamides is 2. The number of nitrogens with zero attached hydrogens (tertiary/aromatic N) is 6. The smallest absolute Gasteiger partial charge is 0.251 e. The molecule has 0 unspecified atom stereocenters. The predicted octanol–water partition coefficient (Wildman–Crippen LogP) is 12.0. The standard InChI is InChI=1S/C43H52N6O6S.C41H50N6O5S/c1-30(50)46-35-15-19-38(47-22-24-48(25-23-47)56(2,53)54)34(26-35)29-55-36-16-12-32(13-17-36)42-41(31-10-6-5-7-11-31)37-18-14-33-27-39(37)49(42)28-40(51)44-20-8-3-4-9-21-45-43(33)52;1-53(50,51)46-23-21-45(22-24-46)36-18-14-33(42)25-32(36)28-52-34-15-11-30(12-16-34)40-39(29-9-5-4-6-10-29)35-17-13-31-26-37(35)47(40)27-38(48)43-19-7-2-3-8-20-44-41(31)49/h3-4,12-19,26-27,31H,5-11,20-25,28-29H2,1-2H3,(H,44,51)(H,45,52)(H,46,50);2-3,11-18,25-26,29H,4-10,19-24,27-28,42H2,1H3,(H,43,48)(H,44,49)/b4-3-;3-2-. The molecule has 6 aromatic carbocycles. The van der Waals surface area contributed by atoms with Crippen LogP contribution in [0.2, 0.25) is 0 Å². The molecule has 4 aliphatic heterocycles. The Balaban J connectivity index is 0.000000192. The molecule has 2 saturated carbocycles. The van der Waals surface area contributed by atoms with E-state index >= 15 is 0 Å². The molecule has 8 aromatic rings. The summed E-state index contributed by atoms with van der Waals surface area (Å²) >= 11 is 0. The van der Waals surface area contributed by atoms with Crippen LogP contribution < -0.4 is 51.6 Å². The van der Waals surface area contributed by atoms with E-state index in [-0.39, 0.29) is 49.2 Å². The van der Waals surface area contributed by atoms with E-state index in [4.69, 9.17) is 15.2 Å². The van der Waals surface area contributed by atoms with Gasteiger partial charge in [-0.1, -0.05) is 75.0 Å². The number of amides is 5. The van der Waals surface area contributed by atoms with Crippen molar-refractivity contribution in [1.29, 1.82) is 0 Å². The number of nitrogen functional groups attached to an aromatic ring is 1. The first-order chi connectivity index (χ1) is 52.7. The van der Waals surface area contributed by atoms with E-state index in [1.165, 1.54) is 52.0 Å². The van der Waals surface area contributed by atoms with Crippen LogP contribution in [0.25, 0.3) is 44.3 Å². The number of rotatable bonds is 15.